The largest absolute Gasteiger partial charge is 0.476 e. The highest BCUT2D eigenvalue weighted by molar-refractivity contribution is 6.42. The van der Waals surface area contributed by atoms with Crippen LogP contribution in [0.3, 0.4) is 0 Å². The number of carboxylic acid groups (broad SMARTS) is 1. The van der Waals surface area contributed by atoms with Crippen molar-refractivity contribution in [2.24, 2.45) is 10.3 Å². The summed E-state index contributed by atoms with van der Waals surface area (Å²) in [4.78, 5) is 25.0. The Kier molecular flexibility index (Phi) is 6.92. The molecule has 2 aromatic rings. The topological polar surface area (TPSA) is 93.4 Å². The molecule has 0 bridgehead atoms. The Hall–Kier alpha value is -3.43. The van der Waals surface area contributed by atoms with Crippen LogP contribution in [0.4, 0.5) is 13.2 Å². The van der Waals surface area contributed by atoms with Gasteiger partial charge in [-0.3, -0.25) is 4.98 Å². The first kappa shape index (κ1) is 21.9. The number of oxime groups is 2. The van der Waals surface area contributed by atoms with Gasteiger partial charge in [-0.2, -0.15) is 13.2 Å². The van der Waals surface area contributed by atoms with Gasteiger partial charge >= 0.3 is 12.1 Å². The Balaban J connectivity index is 2.32. The van der Waals surface area contributed by atoms with Crippen LogP contribution in [0.1, 0.15) is 34.9 Å². The van der Waals surface area contributed by atoms with Gasteiger partial charge in [-0.1, -0.05) is 28.5 Å². The number of aryl methyl sites for hydroxylation is 1. The number of benzene rings is 1. The van der Waals surface area contributed by atoms with Crippen LogP contribution in [0.15, 0.2) is 46.8 Å². The Morgan fingerprint density at radius 2 is 1.93 bits per heavy atom. The molecule has 0 unspecified atom stereocenters. The standard InChI is InChI=1S/C19H18F3N3O4/c1-11-6-4-7-13(17(18(26)27)25-28-3)14(11)10-29-24-12(2)16-15(19(20,21)22)8-5-9-23-16/h4-9H,10H2,1-3H3,(H,26,27)/b24-12+,25-17+. The molecular weight excluding hydrogens is 391 g/mol. The van der Waals surface area contributed by atoms with Gasteiger partial charge in [-0.25, -0.2) is 4.79 Å². The molecule has 0 fully saturated rings. The molecule has 0 atom stereocenters. The predicted octanol–water partition coefficient (Wildman–Crippen LogP) is 3.78. The summed E-state index contributed by atoms with van der Waals surface area (Å²) in [5, 5.41) is 16.6. The number of nitrogens with zero attached hydrogens (tertiary/aromatic N) is 3. The number of rotatable bonds is 7. The van der Waals surface area contributed by atoms with Crippen LogP contribution in [0.2, 0.25) is 0 Å². The van der Waals surface area contributed by atoms with Crippen molar-refractivity contribution in [2.75, 3.05) is 7.11 Å². The maximum atomic E-state index is 13.1. The molecule has 2 rings (SSSR count). The molecular formula is C19H18F3N3O4. The molecule has 10 heteroatoms. The molecule has 29 heavy (non-hydrogen) atoms. The number of aromatic nitrogens is 1. The summed E-state index contributed by atoms with van der Waals surface area (Å²) >= 11 is 0. The molecule has 0 spiro atoms. The van der Waals surface area contributed by atoms with Crippen LogP contribution in [-0.4, -0.2) is 34.6 Å². The van der Waals surface area contributed by atoms with E-state index >= 15 is 0 Å². The molecule has 0 saturated heterocycles. The second-order valence-corrected chi connectivity index (χ2v) is 5.88. The van der Waals surface area contributed by atoms with E-state index in [1.165, 1.54) is 32.4 Å². The lowest BCUT2D eigenvalue weighted by Crippen LogP contribution is -2.18. The van der Waals surface area contributed by atoms with Gasteiger partial charge in [0.25, 0.3) is 0 Å². The van der Waals surface area contributed by atoms with E-state index in [-0.39, 0.29) is 29.3 Å². The Morgan fingerprint density at radius 3 is 2.55 bits per heavy atom. The van der Waals surface area contributed by atoms with Gasteiger partial charge in [0.1, 0.15) is 19.4 Å². The number of alkyl halides is 3. The maximum Gasteiger partial charge on any atom is 0.418 e. The van der Waals surface area contributed by atoms with Gasteiger partial charge in [0.05, 0.1) is 11.3 Å². The monoisotopic (exact) mass is 409 g/mol. The number of pyridine rings is 1. The third kappa shape index (κ3) is 5.31. The zero-order valence-electron chi connectivity index (χ0n) is 15.8. The van der Waals surface area contributed by atoms with Gasteiger partial charge in [0.15, 0.2) is 5.71 Å². The van der Waals surface area contributed by atoms with Crippen molar-refractivity contribution >= 4 is 17.4 Å². The van der Waals surface area contributed by atoms with Crippen molar-refractivity contribution < 1.29 is 32.7 Å². The summed E-state index contributed by atoms with van der Waals surface area (Å²) in [6.07, 6.45) is -3.36. The average molecular weight is 409 g/mol. The third-order valence-corrected chi connectivity index (χ3v) is 3.92. The lowest BCUT2D eigenvalue weighted by Gasteiger charge is -2.13. The zero-order chi connectivity index (χ0) is 21.6. The fourth-order valence-corrected chi connectivity index (χ4v) is 2.57. The smallest absolute Gasteiger partial charge is 0.418 e. The number of hydrogen-bond donors (Lipinski definition) is 1. The van der Waals surface area contributed by atoms with Crippen LogP contribution < -0.4 is 0 Å². The minimum Gasteiger partial charge on any atom is -0.476 e. The van der Waals surface area contributed by atoms with Crippen molar-refractivity contribution in [1.82, 2.24) is 4.98 Å². The second-order valence-electron chi connectivity index (χ2n) is 5.88. The fraction of sp³-hybridized carbons (Fsp3) is 0.263. The maximum absolute atomic E-state index is 13.1. The molecule has 154 valence electrons. The minimum absolute atomic E-state index is 0.0722. The molecule has 1 aromatic carbocycles. The Labute approximate surface area is 164 Å². The van der Waals surface area contributed by atoms with E-state index in [9.17, 15) is 23.1 Å². The van der Waals surface area contributed by atoms with E-state index in [0.29, 0.717) is 11.1 Å². The number of halogens is 3. The summed E-state index contributed by atoms with van der Waals surface area (Å²) in [6, 6.07) is 6.98. The van der Waals surface area contributed by atoms with Crippen LogP contribution >= 0.6 is 0 Å². The van der Waals surface area contributed by atoms with Gasteiger partial charge in [0.2, 0.25) is 0 Å². The van der Waals surface area contributed by atoms with Crippen LogP contribution in [-0.2, 0) is 27.3 Å². The zero-order valence-corrected chi connectivity index (χ0v) is 15.8. The van der Waals surface area contributed by atoms with Crippen LogP contribution in [0.5, 0.6) is 0 Å². The van der Waals surface area contributed by atoms with Crippen molar-refractivity contribution in [1.29, 1.82) is 0 Å². The Bertz CT molecular complexity index is 956. The van der Waals surface area contributed by atoms with E-state index in [2.05, 4.69) is 20.1 Å². The first-order valence-corrected chi connectivity index (χ1v) is 8.29. The first-order chi connectivity index (χ1) is 13.7. The molecule has 0 saturated carbocycles. The molecule has 0 radical (unpaired) electrons. The number of carbonyl (C=O) groups is 1. The van der Waals surface area contributed by atoms with Gasteiger partial charge in [0, 0.05) is 17.3 Å². The van der Waals surface area contributed by atoms with Gasteiger partial charge < -0.3 is 14.8 Å². The normalized spacial score (nSPS) is 12.6. The average Bonchev–Trinajstić information content (AvgIpc) is 2.66. The molecule has 0 amide bonds. The van der Waals surface area contributed by atoms with Crippen molar-refractivity contribution in [3.8, 4) is 0 Å². The van der Waals surface area contributed by atoms with Crippen LogP contribution in [0.25, 0.3) is 0 Å². The molecule has 0 aliphatic rings. The van der Waals surface area contributed by atoms with Gasteiger partial charge in [-0.05, 0) is 31.5 Å². The van der Waals surface area contributed by atoms with E-state index in [4.69, 9.17) is 4.84 Å². The van der Waals surface area contributed by atoms with E-state index in [1.807, 2.05) is 0 Å². The number of hydrogen-bond acceptors (Lipinski definition) is 6. The van der Waals surface area contributed by atoms with Crippen molar-refractivity contribution in [2.45, 2.75) is 26.6 Å². The summed E-state index contributed by atoms with van der Waals surface area (Å²) in [5.41, 5.74) is -0.287. The van der Waals surface area contributed by atoms with Gasteiger partial charge in [-0.15, -0.1) is 0 Å². The molecule has 7 nitrogen and oxygen atoms in total. The predicted molar refractivity (Wildman–Crippen MR) is 98.6 cm³/mol. The lowest BCUT2D eigenvalue weighted by molar-refractivity contribution is -0.138. The quantitative estimate of drug-likeness (QED) is 0.555. The highest BCUT2D eigenvalue weighted by Gasteiger charge is 2.34. The highest BCUT2D eigenvalue weighted by atomic mass is 19.4. The number of carboxylic acids is 1. The van der Waals surface area contributed by atoms with Crippen molar-refractivity contribution in [3.63, 3.8) is 0 Å². The summed E-state index contributed by atoms with van der Waals surface area (Å²) in [5.74, 6) is -1.30. The number of aliphatic carboxylic acids is 1. The minimum atomic E-state index is -4.59. The summed E-state index contributed by atoms with van der Waals surface area (Å²) < 4.78 is 39.4. The molecule has 1 heterocycles. The molecule has 1 N–H and O–H groups in total. The highest BCUT2D eigenvalue weighted by Crippen LogP contribution is 2.31. The van der Waals surface area contributed by atoms with Crippen molar-refractivity contribution in [3.05, 3.63) is 64.5 Å². The SMILES string of the molecule is CO/N=C(/C(=O)O)c1cccc(C)c1CO/N=C(\C)c1ncccc1C(F)(F)F. The second kappa shape index (κ2) is 9.18. The fourth-order valence-electron chi connectivity index (χ4n) is 2.57. The van der Waals surface area contributed by atoms with E-state index in [1.54, 1.807) is 19.1 Å². The molecule has 1 aromatic heterocycles. The Morgan fingerprint density at radius 1 is 1.21 bits per heavy atom. The van der Waals surface area contributed by atoms with E-state index in [0.717, 1.165) is 6.07 Å². The van der Waals surface area contributed by atoms with E-state index < -0.39 is 17.7 Å². The molecule has 0 aliphatic carbocycles. The van der Waals surface area contributed by atoms with Crippen LogP contribution in [0, 0.1) is 6.92 Å². The third-order valence-electron chi connectivity index (χ3n) is 3.92. The summed E-state index contributed by atoms with van der Waals surface area (Å²) in [7, 11) is 1.22. The summed E-state index contributed by atoms with van der Waals surface area (Å²) in [6.45, 7) is 2.88. The first-order valence-electron chi connectivity index (χ1n) is 8.29. The lowest BCUT2D eigenvalue weighted by atomic mass is 9.99. The molecule has 0 aliphatic heterocycles.